The van der Waals surface area contributed by atoms with E-state index in [1.807, 2.05) is 6.07 Å². The van der Waals surface area contributed by atoms with Gasteiger partial charge in [0, 0.05) is 11.3 Å². The number of thiophene rings is 1. The molecule has 0 spiro atoms. The van der Waals surface area contributed by atoms with E-state index in [2.05, 4.69) is 5.32 Å². The number of hydrogen-bond donors (Lipinski definition) is 1. The van der Waals surface area contributed by atoms with Crippen molar-refractivity contribution in [3.63, 3.8) is 0 Å². The maximum absolute atomic E-state index is 12.4. The summed E-state index contributed by atoms with van der Waals surface area (Å²) in [7, 11) is -1.95. The van der Waals surface area contributed by atoms with Gasteiger partial charge in [-0.2, -0.15) is 0 Å². The zero-order chi connectivity index (χ0) is 21.6. The average molecular weight is 450 g/mol. The Hall–Kier alpha value is -2.19. The Labute approximate surface area is 181 Å². The molecule has 30 heavy (non-hydrogen) atoms. The first-order chi connectivity index (χ1) is 14.4. The van der Waals surface area contributed by atoms with E-state index in [-0.39, 0.29) is 30.3 Å². The van der Waals surface area contributed by atoms with Gasteiger partial charge in [-0.05, 0) is 43.2 Å². The highest BCUT2D eigenvalue weighted by Crippen LogP contribution is 2.38. The second kappa shape index (κ2) is 10.2. The summed E-state index contributed by atoms with van der Waals surface area (Å²) in [5.74, 6) is -0.804. The Kier molecular flexibility index (Phi) is 7.66. The van der Waals surface area contributed by atoms with Crippen LogP contribution in [-0.2, 0) is 38.0 Å². The van der Waals surface area contributed by atoms with E-state index in [1.165, 1.54) is 18.4 Å². The van der Waals surface area contributed by atoms with Gasteiger partial charge >= 0.3 is 5.97 Å². The van der Waals surface area contributed by atoms with Gasteiger partial charge in [0.1, 0.15) is 5.00 Å². The summed E-state index contributed by atoms with van der Waals surface area (Å²) in [5.41, 5.74) is 2.19. The van der Waals surface area contributed by atoms with Gasteiger partial charge in [0.05, 0.1) is 24.2 Å². The number of fused-ring (bicyclic) bond motifs is 1. The first-order valence-electron chi connectivity index (χ1n) is 10.2. The molecule has 1 amide bonds. The van der Waals surface area contributed by atoms with Gasteiger partial charge in [0.25, 0.3) is 0 Å². The number of carbonyl (C=O) groups is 2. The van der Waals surface area contributed by atoms with Crippen molar-refractivity contribution in [2.75, 3.05) is 18.2 Å². The topological polar surface area (TPSA) is 89.5 Å². The number of nitrogens with one attached hydrogen (secondary N) is 1. The number of aryl methyl sites for hydroxylation is 1. The molecule has 2 aromatic rings. The number of ether oxygens (including phenoxy) is 1. The third-order valence-corrected chi connectivity index (χ3v) is 8.04. The van der Waals surface area contributed by atoms with Gasteiger partial charge in [-0.25, -0.2) is 13.2 Å². The van der Waals surface area contributed by atoms with E-state index in [1.54, 1.807) is 24.3 Å². The number of sulfone groups is 1. The number of esters is 1. The molecule has 0 saturated heterocycles. The van der Waals surface area contributed by atoms with Crippen molar-refractivity contribution in [1.82, 2.24) is 0 Å². The number of amides is 1. The third-order valence-electron chi connectivity index (χ3n) is 5.15. The van der Waals surface area contributed by atoms with Crippen molar-refractivity contribution in [2.24, 2.45) is 0 Å². The van der Waals surface area contributed by atoms with Crippen LogP contribution in [0.5, 0.6) is 0 Å². The number of methoxy groups -OCH3 is 1. The molecule has 6 nitrogen and oxygen atoms in total. The average Bonchev–Trinajstić information content (AvgIpc) is 2.88. The Balaban J connectivity index is 1.60. The van der Waals surface area contributed by atoms with Crippen molar-refractivity contribution in [1.29, 1.82) is 0 Å². The third kappa shape index (κ3) is 5.92. The van der Waals surface area contributed by atoms with Crippen LogP contribution < -0.4 is 5.32 Å². The Morgan fingerprint density at radius 2 is 1.83 bits per heavy atom. The summed E-state index contributed by atoms with van der Waals surface area (Å²) in [6.45, 7) is 0. The van der Waals surface area contributed by atoms with Crippen LogP contribution in [0.3, 0.4) is 0 Å². The van der Waals surface area contributed by atoms with Crippen molar-refractivity contribution < 1.29 is 22.7 Å². The molecule has 0 unspecified atom stereocenters. The van der Waals surface area contributed by atoms with Crippen LogP contribution in [0.4, 0.5) is 5.00 Å². The first kappa shape index (κ1) is 22.5. The molecule has 1 N–H and O–H groups in total. The second-order valence-electron chi connectivity index (χ2n) is 7.49. The van der Waals surface area contributed by atoms with E-state index in [4.69, 9.17) is 4.74 Å². The van der Waals surface area contributed by atoms with E-state index in [0.29, 0.717) is 10.6 Å². The van der Waals surface area contributed by atoms with Crippen LogP contribution in [0.15, 0.2) is 30.3 Å². The summed E-state index contributed by atoms with van der Waals surface area (Å²) in [5, 5.41) is 3.34. The molecule has 8 heteroatoms. The van der Waals surface area contributed by atoms with Gasteiger partial charge in [-0.15, -0.1) is 11.3 Å². The van der Waals surface area contributed by atoms with Gasteiger partial charge in [-0.3, -0.25) is 4.79 Å². The van der Waals surface area contributed by atoms with Crippen LogP contribution in [0.1, 0.15) is 58.5 Å². The second-order valence-corrected chi connectivity index (χ2v) is 10.8. The lowest BCUT2D eigenvalue weighted by Crippen LogP contribution is -2.16. The molecule has 1 aliphatic rings. The monoisotopic (exact) mass is 449 g/mol. The number of anilines is 1. The summed E-state index contributed by atoms with van der Waals surface area (Å²) in [4.78, 5) is 25.9. The van der Waals surface area contributed by atoms with Crippen LogP contribution in [0.2, 0.25) is 0 Å². The minimum absolute atomic E-state index is 0.0282. The maximum atomic E-state index is 12.4. The normalized spacial score (nSPS) is 13.9. The Morgan fingerprint density at radius 3 is 2.57 bits per heavy atom. The summed E-state index contributed by atoms with van der Waals surface area (Å²) in [6.07, 6.45) is 5.24. The lowest BCUT2D eigenvalue weighted by molar-refractivity contribution is -0.116. The fourth-order valence-corrected chi connectivity index (χ4v) is 6.41. The van der Waals surface area contributed by atoms with E-state index >= 15 is 0 Å². The Morgan fingerprint density at radius 1 is 1.10 bits per heavy atom. The molecule has 1 aromatic carbocycles. The minimum atomic E-state index is -3.29. The smallest absolute Gasteiger partial charge is 0.341 e. The first-order valence-corrected chi connectivity index (χ1v) is 12.8. The van der Waals surface area contributed by atoms with E-state index in [0.717, 1.165) is 48.1 Å². The Bertz CT molecular complexity index is 996. The van der Waals surface area contributed by atoms with Gasteiger partial charge < -0.3 is 10.1 Å². The number of hydrogen-bond acceptors (Lipinski definition) is 6. The highest BCUT2D eigenvalue weighted by atomic mass is 32.2. The molecule has 0 saturated carbocycles. The van der Waals surface area contributed by atoms with E-state index < -0.39 is 15.8 Å². The fraction of sp³-hybridized carbons (Fsp3) is 0.455. The van der Waals surface area contributed by atoms with Crippen LogP contribution in [0, 0.1) is 0 Å². The van der Waals surface area contributed by atoms with Crippen molar-refractivity contribution in [3.8, 4) is 0 Å². The SMILES string of the molecule is COC(=O)c1c(NC(=O)CCCS(=O)(=O)Cc2ccccc2)sc2c1CCCCC2. The van der Waals surface area contributed by atoms with Gasteiger partial charge in [-0.1, -0.05) is 36.8 Å². The molecule has 1 aromatic heterocycles. The largest absolute Gasteiger partial charge is 0.465 e. The molecule has 0 aliphatic heterocycles. The van der Waals surface area contributed by atoms with Crippen LogP contribution in [-0.4, -0.2) is 33.2 Å². The molecule has 1 aliphatic carbocycles. The number of rotatable bonds is 8. The molecular weight excluding hydrogens is 422 g/mol. The zero-order valence-electron chi connectivity index (χ0n) is 17.1. The van der Waals surface area contributed by atoms with Crippen LogP contribution in [0.25, 0.3) is 0 Å². The number of carbonyl (C=O) groups excluding carboxylic acids is 2. The van der Waals surface area contributed by atoms with Crippen molar-refractivity contribution in [3.05, 3.63) is 51.9 Å². The quantitative estimate of drug-likeness (QED) is 0.483. The lowest BCUT2D eigenvalue weighted by atomic mass is 10.1. The molecule has 0 bridgehead atoms. The molecule has 0 fully saturated rings. The standard InChI is InChI=1S/C22H27NO5S2/c1-28-22(25)20-17-11-6-3-7-12-18(17)29-21(20)23-19(24)13-8-14-30(26,27)15-16-9-4-2-5-10-16/h2,4-5,9-10H,3,6-8,11-15H2,1H3,(H,23,24). The van der Waals surface area contributed by atoms with E-state index in [9.17, 15) is 18.0 Å². The summed E-state index contributed by atoms with van der Waals surface area (Å²) >= 11 is 1.44. The molecule has 0 atom stereocenters. The highest BCUT2D eigenvalue weighted by molar-refractivity contribution is 7.90. The predicted molar refractivity (Wildman–Crippen MR) is 119 cm³/mol. The van der Waals surface area contributed by atoms with Crippen molar-refractivity contribution in [2.45, 2.75) is 50.7 Å². The fourth-order valence-electron chi connectivity index (χ4n) is 3.69. The van der Waals surface area contributed by atoms with Gasteiger partial charge in [0.2, 0.25) is 5.91 Å². The summed E-state index contributed by atoms with van der Waals surface area (Å²) in [6, 6.07) is 9.01. The number of benzene rings is 1. The molecule has 3 rings (SSSR count). The van der Waals surface area contributed by atoms with Gasteiger partial charge in [0.15, 0.2) is 9.84 Å². The molecule has 0 radical (unpaired) electrons. The lowest BCUT2D eigenvalue weighted by Gasteiger charge is -2.08. The molecular formula is C22H27NO5S2. The maximum Gasteiger partial charge on any atom is 0.341 e. The van der Waals surface area contributed by atoms with Crippen molar-refractivity contribution >= 4 is 38.1 Å². The molecule has 1 heterocycles. The van der Waals surface area contributed by atoms with Crippen LogP contribution >= 0.6 is 11.3 Å². The predicted octanol–water partition coefficient (Wildman–Crippen LogP) is 4.14. The summed E-state index contributed by atoms with van der Waals surface area (Å²) < 4.78 is 29.5. The minimum Gasteiger partial charge on any atom is -0.465 e. The highest BCUT2D eigenvalue weighted by Gasteiger charge is 2.26. The molecule has 162 valence electrons. The zero-order valence-corrected chi connectivity index (χ0v) is 18.7.